The second kappa shape index (κ2) is 5.56. The minimum Gasteiger partial charge on any atom is -0.508 e. The highest BCUT2D eigenvalue weighted by molar-refractivity contribution is 5.93. The van der Waals surface area contributed by atoms with Crippen LogP contribution in [0.2, 0.25) is 0 Å². The van der Waals surface area contributed by atoms with Crippen molar-refractivity contribution in [1.82, 2.24) is 4.98 Å². The molecule has 1 aromatic heterocycles. The molecule has 0 fully saturated rings. The average Bonchev–Trinajstić information content (AvgIpc) is 2.39. The summed E-state index contributed by atoms with van der Waals surface area (Å²) in [6.07, 6.45) is 1.75. The van der Waals surface area contributed by atoms with Crippen LogP contribution in [0, 0.1) is 0 Å². The normalized spacial score (nSPS) is 10.6. The van der Waals surface area contributed by atoms with Crippen LogP contribution >= 0.6 is 0 Å². The molecule has 0 bridgehead atoms. The van der Waals surface area contributed by atoms with Gasteiger partial charge >= 0.3 is 5.97 Å². The van der Waals surface area contributed by atoms with Gasteiger partial charge in [0.2, 0.25) is 0 Å². The number of carboxylic acids is 1. The van der Waals surface area contributed by atoms with Crippen molar-refractivity contribution in [2.45, 2.75) is 13.3 Å². The summed E-state index contributed by atoms with van der Waals surface area (Å²) in [5.74, 6) is 0.0507. The number of carbonyl (C=O) groups is 1. The lowest BCUT2D eigenvalue weighted by Gasteiger charge is -2.22. The number of carboxylic acid groups (broad SMARTS) is 1. The number of aliphatic carboxylic acids is 1. The Balaban J connectivity index is 2.41. The minimum atomic E-state index is -0.832. The summed E-state index contributed by atoms with van der Waals surface area (Å²) < 4.78 is 0. The average molecular weight is 260 g/mol. The molecule has 0 aliphatic heterocycles. The van der Waals surface area contributed by atoms with Crippen LogP contribution in [0.1, 0.15) is 13.3 Å². The molecule has 0 radical (unpaired) electrons. The van der Waals surface area contributed by atoms with Crippen molar-refractivity contribution in [1.29, 1.82) is 0 Å². The predicted octanol–water partition coefficient (Wildman–Crippen LogP) is 2.24. The largest absolute Gasteiger partial charge is 0.508 e. The van der Waals surface area contributed by atoms with Crippen molar-refractivity contribution < 1.29 is 15.0 Å². The van der Waals surface area contributed by atoms with Gasteiger partial charge in [0.25, 0.3) is 0 Å². The van der Waals surface area contributed by atoms with Crippen molar-refractivity contribution in [2.24, 2.45) is 0 Å². The molecule has 5 heteroatoms. The van der Waals surface area contributed by atoms with Gasteiger partial charge in [-0.1, -0.05) is 6.07 Å². The second-order valence-corrected chi connectivity index (χ2v) is 4.26. The third kappa shape index (κ3) is 2.93. The number of hydrogen-bond acceptors (Lipinski definition) is 4. The van der Waals surface area contributed by atoms with Crippen LogP contribution in [0.3, 0.4) is 0 Å². The molecule has 0 saturated carbocycles. The van der Waals surface area contributed by atoms with E-state index in [-0.39, 0.29) is 12.2 Å². The van der Waals surface area contributed by atoms with E-state index in [1.54, 1.807) is 18.3 Å². The summed E-state index contributed by atoms with van der Waals surface area (Å²) >= 11 is 0. The maximum Gasteiger partial charge on any atom is 0.305 e. The number of phenolic OH excluding ortho intramolecular Hbond substituents is 1. The first-order chi connectivity index (χ1) is 9.11. The van der Waals surface area contributed by atoms with Crippen LogP contribution in [0.15, 0.2) is 30.5 Å². The smallest absolute Gasteiger partial charge is 0.305 e. The van der Waals surface area contributed by atoms with Crippen LogP contribution in [0.4, 0.5) is 5.82 Å². The highest BCUT2D eigenvalue weighted by Gasteiger charge is 2.12. The Kier molecular flexibility index (Phi) is 3.85. The van der Waals surface area contributed by atoms with E-state index in [9.17, 15) is 9.90 Å². The molecule has 0 spiro atoms. The van der Waals surface area contributed by atoms with Crippen molar-refractivity contribution in [3.05, 3.63) is 30.5 Å². The number of phenols is 1. The van der Waals surface area contributed by atoms with Crippen LogP contribution in [-0.4, -0.2) is 34.3 Å². The van der Waals surface area contributed by atoms with E-state index in [1.807, 2.05) is 24.0 Å². The molecule has 0 unspecified atom stereocenters. The van der Waals surface area contributed by atoms with E-state index in [0.29, 0.717) is 18.9 Å². The first kappa shape index (κ1) is 13.1. The highest BCUT2D eigenvalue weighted by Crippen LogP contribution is 2.27. The molecule has 0 aliphatic carbocycles. The van der Waals surface area contributed by atoms with Crippen LogP contribution in [0.25, 0.3) is 10.8 Å². The van der Waals surface area contributed by atoms with Crippen LogP contribution in [0.5, 0.6) is 5.75 Å². The quantitative estimate of drug-likeness (QED) is 0.862. The van der Waals surface area contributed by atoms with Gasteiger partial charge in [-0.15, -0.1) is 0 Å². The van der Waals surface area contributed by atoms with E-state index >= 15 is 0 Å². The Morgan fingerprint density at radius 2 is 2.16 bits per heavy atom. The lowest BCUT2D eigenvalue weighted by Crippen LogP contribution is -2.26. The van der Waals surface area contributed by atoms with E-state index in [1.165, 1.54) is 0 Å². The Morgan fingerprint density at radius 1 is 1.37 bits per heavy atom. The van der Waals surface area contributed by atoms with Gasteiger partial charge in [0.15, 0.2) is 0 Å². The summed E-state index contributed by atoms with van der Waals surface area (Å²) in [7, 11) is 0. The third-order valence-electron chi connectivity index (χ3n) is 3.01. The fourth-order valence-electron chi connectivity index (χ4n) is 2.04. The van der Waals surface area contributed by atoms with Gasteiger partial charge in [-0.05, 0) is 30.5 Å². The molecule has 1 aromatic carbocycles. The predicted molar refractivity (Wildman–Crippen MR) is 73.5 cm³/mol. The maximum absolute atomic E-state index is 10.7. The van der Waals surface area contributed by atoms with Gasteiger partial charge in [-0.2, -0.15) is 0 Å². The first-order valence-electron chi connectivity index (χ1n) is 6.16. The monoisotopic (exact) mass is 260 g/mol. The summed E-state index contributed by atoms with van der Waals surface area (Å²) in [4.78, 5) is 16.9. The highest BCUT2D eigenvalue weighted by atomic mass is 16.4. The topological polar surface area (TPSA) is 73.7 Å². The van der Waals surface area contributed by atoms with Crippen LogP contribution < -0.4 is 4.90 Å². The number of nitrogens with zero attached hydrogens (tertiary/aromatic N) is 2. The fraction of sp³-hybridized carbons (Fsp3) is 0.286. The number of anilines is 1. The molecule has 2 N–H and O–H groups in total. The number of rotatable bonds is 5. The number of pyridine rings is 1. The lowest BCUT2D eigenvalue weighted by atomic mass is 10.1. The number of aromatic nitrogens is 1. The van der Waals surface area contributed by atoms with Crippen molar-refractivity contribution in [2.75, 3.05) is 18.0 Å². The molecular formula is C14H16N2O3. The zero-order valence-corrected chi connectivity index (χ0v) is 10.7. The molecule has 0 saturated heterocycles. The van der Waals surface area contributed by atoms with Gasteiger partial charge in [0.05, 0.1) is 6.42 Å². The molecule has 2 rings (SSSR count). The molecular weight excluding hydrogens is 244 g/mol. The SMILES string of the molecule is CCN(CCC(=O)O)c1nccc2ccc(O)cc12. The number of aromatic hydroxyl groups is 1. The molecule has 1 heterocycles. The van der Waals surface area contributed by atoms with Crippen molar-refractivity contribution in [3.63, 3.8) is 0 Å². The molecule has 0 amide bonds. The zero-order valence-electron chi connectivity index (χ0n) is 10.7. The van der Waals surface area contributed by atoms with Gasteiger partial charge in [-0.25, -0.2) is 4.98 Å². The summed E-state index contributed by atoms with van der Waals surface area (Å²) in [6.45, 7) is 3.01. The third-order valence-corrected chi connectivity index (χ3v) is 3.01. The van der Waals surface area contributed by atoms with E-state index < -0.39 is 5.97 Å². The first-order valence-corrected chi connectivity index (χ1v) is 6.16. The minimum absolute atomic E-state index is 0.0602. The molecule has 19 heavy (non-hydrogen) atoms. The molecule has 2 aromatic rings. The molecule has 5 nitrogen and oxygen atoms in total. The maximum atomic E-state index is 10.7. The zero-order chi connectivity index (χ0) is 13.8. The van der Waals surface area contributed by atoms with Gasteiger partial charge in [0, 0.05) is 24.7 Å². The van der Waals surface area contributed by atoms with E-state index in [4.69, 9.17) is 5.11 Å². The summed E-state index contributed by atoms with van der Waals surface area (Å²) in [5, 5.41) is 20.2. The number of hydrogen-bond donors (Lipinski definition) is 2. The Hall–Kier alpha value is -2.30. The Bertz CT molecular complexity index is 598. The Morgan fingerprint density at radius 3 is 2.84 bits per heavy atom. The molecule has 0 aliphatic rings. The van der Waals surface area contributed by atoms with Gasteiger partial charge in [0.1, 0.15) is 11.6 Å². The van der Waals surface area contributed by atoms with Crippen molar-refractivity contribution in [3.8, 4) is 5.75 Å². The van der Waals surface area contributed by atoms with Gasteiger partial charge in [-0.3, -0.25) is 4.79 Å². The standard InChI is InChI=1S/C14H16N2O3/c1-2-16(8-6-13(18)19)14-12-9-11(17)4-3-10(12)5-7-15-14/h3-5,7,9,17H,2,6,8H2,1H3,(H,18,19). The van der Waals surface area contributed by atoms with E-state index in [2.05, 4.69) is 4.98 Å². The lowest BCUT2D eigenvalue weighted by molar-refractivity contribution is -0.136. The summed E-state index contributed by atoms with van der Waals surface area (Å²) in [6, 6.07) is 6.96. The molecule has 100 valence electrons. The fourth-order valence-corrected chi connectivity index (χ4v) is 2.04. The van der Waals surface area contributed by atoms with E-state index in [0.717, 1.165) is 10.8 Å². The van der Waals surface area contributed by atoms with Gasteiger partial charge < -0.3 is 15.1 Å². The number of fused-ring (bicyclic) bond motifs is 1. The second-order valence-electron chi connectivity index (χ2n) is 4.26. The number of benzene rings is 1. The van der Waals surface area contributed by atoms with Crippen molar-refractivity contribution >= 4 is 22.6 Å². The summed E-state index contributed by atoms with van der Waals surface area (Å²) in [5.41, 5.74) is 0. The molecule has 0 atom stereocenters. The van der Waals surface area contributed by atoms with Crippen LogP contribution in [-0.2, 0) is 4.79 Å². The Labute approximate surface area is 111 Å².